The van der Waals surface area contributed by atoms with E-state index in [2.05, 4.69) is 10.1 Å². The summed E-state index contributed by atoms with van der Waals surface area (Å²) in [6.07, 6.45) is 1.74. The van der Waals surface area contributed by atoms with E-state index in [1.54, 1.807) is 17.0 Å². The Kier molecular flexibility index (Phi) is 4.93. The molecular formula is C21H22F2N2O3. The van der Waals surface area contributed by atoms with E-state index in [-0.39, 0.29) is 17.7 Å². The number of nitrogens with one attached hydrogen (secondary N) is 1. The van der Waals surface area contributed by atoms with E-state index in [1.807, 2.05) is 30.3 Å². The van der Waals surface area contributed by atoms with Crippen molar-refractivity contribution in [2.24, 2.45) is 5.92 Å². The lowest BCUT2D eigenvalue weighted by molar-refractivity contribution is -0.0503. The van der Waals surface area contributed by atoms with Gasteiger partial charge in [0.1, 0.15) is 5.75 Å². The molecule has 28 heavy (non-hydrogen) atoms. The fourth-order valence-electron chi connectivity index (χ4n) is 3.80. The van der Waals surface area contributed by atoms with E-state index < -0.39 is 12.2 Å². The molecule has 0 bridgehead atoms. The van der Waals surface area contributed by atoms with Crippen LogP contribution in [0.5, 0.6) is 5.75 Å². The zero-order valence-corrected chi connectivity index (χ0v) is 15.3. The van der Waals surface area contributed by atoms with Crippen LogP contribution in [0.2, 0.25) is 0 Å². The number of alkyl halides is 2. The Morgan fingerprint density at radius 3 is 2.79 bits per heavy atom. The first-order chi connectivity index (χ1) is 13.4. The molecule has 2 amide bonds. The third-order valence-corrected chi connectivity index (χ3v) is 5.51. The van der Waals surface area contributed by atoms with Gasteiger partial charge in [-0.3, -0.25) is 0 Å². The van der Waals surface area contributed by atoms with Crippen LogP contribution >= 0.6 is 0 Å². The van der Waals surface area contributed by atoms with Gasteiger partial charge in [-0.15, -0.1) is 0 Å². The summed E-state index contributed by atoms with van der Waals surface area (Å²) in [5, 5.41) is 12.9. The smallest absolute Gasteiger partial charge is 0.387 e. The van der Waals surface area contributed by atoms with Crippen molar-refractivity contribution in [3.8, 4) is 5.75 Å². The van der Waals surface area contributed by atoms with Gasteiger partial charge >= 0.3 is 12.6 Å². The maximum atomic E-state index is 12.7. The summed E-state index contributed by atoms with van der Waals surface area (Å²) in [6, 6.07) is 13.9. The number of aliphatic hydroxyl groups is 1. The lowest BCUT2D eigenvalue weighted by Crippen LogP contribution is -2.43. The third-order valence-electron chi connectivity index (χ3n) is 5.51. The number of fused-ring (bicyclic) bond motifs is 1. The molecular weight excluding hydrogens is 366 g/mol. The molecule has 148 valence electrons. The second-order valence-corrected chi connectivity index (χ2v) is 7.49. The molecule has 2 atom stereocenters. The van der Waals surface area contributed by atoms with Crippen molar-refractivity contribution >= 4 is 11.7 Å². The Balaban J connectivity index is 1.49. The molecule has 2 aliphatic rings. The maximum Gasteiger partial charge on any atom is 0.387 e. The van der Waals surface area contributed by atoms with Gasteiger partial charge in [-0.2, -0.15) is 8.78 Å². The number of carbonyl (C=O) groups is 1. The summed E-state index contributed by atoms with van der Waals surface area (Å²) >= 11 is 0. The van der Waals surface area contributed by atoms with Crippen molar-refractivity contribution in [3.63, 3.8) is 0 Å². The van der Waals surface area contributed by atoms with Crippen LogP contribution in [0.3, 0.4) is 0 Å². The molecule has 0 spiro atoms. The standard InChI is InChI=1S/C21H22F2N2O3/c22-19(23)28-18-7-6-17(11-15(18)10-14-4-2-1-3-5-14)24-20(26)25-9-8-21(27)12-16(21)13-25/h1-7,11,16,19,27H,8-10,12-13H2,(H,24,26)/t16-,21+/m0/s1. The highest BCUT2D eigenvalue weighted by atomic mass is 19.3. The number of amides is 2. The van der Waals surface area contributed by atoms with Gasteiger partial charge in [0.05, 0.1) is 5.60 Å². The molecule has 2 fully saturated rings. The minimum absolute atomic E-state index is 0.0952. The second kappa shape index (κ2) is 7.39. The summed E-state index contributed by atoms with van der Waals surface area (Å²) in [5.41, 5.74) is 1.47. The van der Waals surface area contributed by atoms with Crippen LogP contribution in [0.15, 0.2) is 48.5 Å². The molecule has 0 radical (unpaired) electrons. The molecule has 5 nitrogen and oxygen atoms in total. The van der Waals surface area contributed by atoms with Crippen LogP contribution < -0.4 is 10.1 Å². The van der Waals surface area contributed by atoms with Gasteiger partial charge in [0.15, 0.2) is 0 Å². The summed E-state index contributed by atoms with van der Waals surface area (Å²) in [4.78, 5) is 14.2. The number of hydrogen-bond acceptors (Lipinski definition) is 3. The van der Waals surface area contributed by atoms with Crippen molar-refractivity contribution in [1.29, 1.82) is 0 Å². The zero-order chi connectivity index (χ0) is 19.7. The van der Waals surface area contributed by atoms with E-state index in [4.69, 9.17) is 0 Å². The summed E-state index contributed by atoms with van der Waals surface area (Å²) < 4.78 is 30.1. The van der Waals surface area contributed by atoms with Gasteiger partial charge in [-0.25, -0.2) is 4.79 Å². The molecule has 2 N–H and O–H groups in total. The molecule has 1 saturated carbocycles. The van der Waals surface area contributed by atoms with Gasteiger partial charge in [0.25, 0.3) is 0 Å². The number of hydrogen-bond donors (Lipinski definition) is 2. The number of likely N-dealkylation sites (tertiary alicyclic amines) is 1. The van der Waals surface area contributed by atoms with Gasteiger partial charge in [0.2, 0.25) is 0 Å². The molecule has 2 aromatic carbocycles. The molecule has 7 heteroatoms. The highest BCUT2D eigenvalue weighted by molar-refractivity contribution is 5.89. The van der Waals surface area contributed by atoms with Crippen LogP contribution in [-0.4, -0.2) is 41.3 Å². The number of carbonyl (C=O) groups excluding carboxylic acids is 1. The zero-order valence-electron chi connectivity index (χ0n) is 15.3. The topological polar surface area (TPSA) is 61.8 Å². The van der Waals surface area contributed by atoms with Crippen molar-refractivity contribution < 1.29 is 23.4 Å². The highest BCUT2D eigenvalue weighted by Gasteiger charge is 2.56. The van der Waals surface area contributed by atoms with Gasteiger partial charge < -0.3 is 20.1 Å². The number of halogens is 2. The predicted octanol–water partition coefficient (Wildman–Crippen LogP) is 3.87. The fraction of sp³-hybridized carbons (Fsp3) is 0.381. The molecule has 1 aliphatic heterocycles. The fourth-order valence-corrected chi connectivity index (χ4v) is 3.80. The average Bonchev–Trinajstić information content (AvgIpc) is 3.35. The lowest BCUT2D eigenvalue weighted by Gasteiger charge is -2.29. The Morgan fingerprint density at radius 2 is 2.07 bits per heavy atom. The van der Waals surface area contributed by atoms with E-state index in [0.717, 1.165) is 12.0 Å². The molecule has 1 heterocycles. The van der Waals surface area contributed by atoms with Crippen molar-refractivity contribution in [3.05, 3.63) is 59.7 Å². The van der Waals surface area contributed by atoms with Crippen LogP contribution in [-0.2, 0) is 6.42 Å². The number of anilines is 1. The van der Waals surface area contributed by atoms with Crippen molar-refractivity contribution in [1.82, 2.24) is 4.90 Å². The minimum Gasteiger partial charge on any atom is -0.435 e. The predicted molar refractivity (Wildman–Crippen MR) is 101 cm³/mol. The minimum atomic E-state index is -2.92. The van der Waals surface area contributed by atoms with Crippen LogP contribution in [0.4, 0.5) is 19.3 Å². The molecule has 2 aromatic rings. The lowest BCUT2D eigenvalue weighted by atomic mass is 10.0. The first kappa shape index (κ1) is 18.7. The first-order valence-electron chi connectivity index (χ1n) is 9.33. The summed E-state index contributed by atoms with van der Waals surface area (Å²) in [5.74, 6) is 0.250. The van der Waals surface area contributed by atoms with Crippen molar-refractivity contribution in [2.45, 2.75) is 31.5 Å². The Bertz CT molecular complexity index is 862. The van der Waals surface area contributed by atoms with Crippen LogP contribution in [0, 0.1) is 5.92 Å². The second-order valence-electron chi connectivity index (χ2n) is 7.49. The number of benzene rings is 2. The SMILES string of the molecule is O=C(Nc1ccc(OC(F)F)c(Cc2ccccc2)c1)N1CC[C@@]2(O)C[C@H]2C1. The molecule has 0 unspecified atom stereocenters. The Hall–Kier alpha value is -2.67. The molecule has 0 aromatic heterocycles. The van der Waals surface area contributed by atoms with Gasteiger partial charge in [-0.1, -0.05) is 30.3 Å². The Morgan fingerprint density at radius 1 is 1.29 bits per heavy atom. The Labute approximate surface area is 161 Å². The van der Waals surface area contributed by atoms with E-state index >= 15 is 0 Å². The maximum absolute atomic E-state index is 12.7. The number of ether oxygens (including phenoxy) is 1. The van der Waals surface area contributed by atoms with E-state index in [1.165, 1.54) is 6.07 Å². The van der Waals surface area contributed by atoms with Crippen LogP contribution in [0.25, 0.3) is 0 Å². The number of rotatable bonds is 5. The van der Waals surface area contributed by atoms with E-state index in [9.17, 15) is 18.7 Å². The summed E-state index contributed by atoms with van der Waals surface area (Å²) in [7, 11) is 0. The largest absolute Gasteiger partial charge is 0.435 e. The normalized spacial score (nSPS) is 23.3. The quantitative estimate of drug-likeness (QED) is 0.818. The van der Waals surface area contributed by atoms with Gasteiger partial charge in [0, 0.05) is 36.7 Å². The van der Waals surface area contributed by atoms with E-state index in [0.29, 0.717) is 37.2 Å². The number of piperidine rings is 1. The molecule has 1 aliphatic carbocycles. The molecule has 4 rings (SSSR count). The first-order valence-corrected chi connectivity index (χ1v) is 9.33. The molecule has 1 saturated heterocycles. The number of urea groups is 1. The van der Waals surface area contributed by atoms with Crippen molar-refractivity contribution in [2.75, 3.05) is 18.4 Å². The average molecular weight is 388 g/mol. The summed E-state index contributed by atoms with van der Waals surface area (Å²) in [6.45, 7) is -1.88. The van der Waals surface area contributed by atoms with Crippen LogP contribution in [0.1, 0.15) is 24.0 Å². The highest BCUT2D eigenvalue weighted by Crippen LogP contribution is 2.49. The number of nitrogens with zero attached hydrogens (tertiary/aromatic N) is 1. The van der Waals surface area contributed by atoms with Gasteiger partial charge in [-0.05, 0) is 36.6 Å². The third kappa shape index (κ3) is 4.09. The monoisotopic (exact) mass is 388 g/mol.